The zero-order valence-corrected chi connectivity index (χ0v) is 15.3. The van der Waals surface area contributed by atoms with Gasteiger partial charge >= 0.3 is 5.97 Å². The molecule has 23 heavy (non-hydrogen) atoms. The quantitative estimate of drug-likeness (QED) is 0.551. The first-order valence-electron chi connectivity index (χ1n) is 8.44. The van der Waals surface area contributed by atoms with Gasteiger partial charge in [-0.1, -0.05) is 15.9 Å². The zero-order chi connectivity index (χ0) is 16.6. The highest BCUT2D eigenvalue weighted by Crippen LogP contribution is 2.50. The molecule has 1 aliphatic carbocycles. The van der Waals surface area contributed by atoms with Crippen LogP contribution < -0.4 is 0 Å². The lowest BCUT2D eigenvalue weighted by molar-refractivity contribution is -0.268. The number of hydrogen-bond donors (Lipinski definition) is 0. The van der Waals surface area contributed by atoms with E-state index in [4.69, 9.17) is 19.5 Å². The molecular weight excluding hydrogens is 362 g/mol. The summed E-state index contributed by atoms with van der Waals surface area (Å²) in [5, 5.41) is 9.05. The van der Waals surface area contributed by atoms with Crippen molar-refractivity contribution in [2.24, 2.45) is 11.8 Å². The largest absolute Gasteiger partial charge is 0.461 e. The fourth-order valence-corrected chi connectivity index (χ4v) is 5.50. The van der Waals surface area contributed by atoms with Crippen LogP contribution in [0.15, 0.2) is 0 Å². The Labute approximate surface area is 145 Å². The molecule has 2 aliphatic heterocycles. The fourth-order valence-electron chi connectivity index (χ4n) is 4.41. The Kier molecular flexibility index (Phi) is 5.01. The van der Waals surface area contributed by atoms with Gasteiger partial charge in [-0.25, -0.2) is 0 Å². The van der Waals surface area contributed by atoms with E-state index in [0.717, 1.165) is 32.1 Å². The van der Waals surface area contributed by atoms with E-state index in [1.165, 1.54) is 6.92 Å². The number of carbonyl (C=O) groups excluding carboxylic acids is 1. The average molecular weight is 386 g/mol. The van der Waals surface area contributed by atoms with E-state index in [0.29, 0.717) is 6.61 Å². The van der Waals surface area contributed by atoms with E-state index in [-0.39, 0.29) is 46.5 Å². The monoisotopic (exact) mass is 385 g/mol. The van der Waals surface area contributed by atoms with E-state index in [9.17, 15) is 4.79 Å². The molecule has 2 saturated heterocycles. The number of nitrogens with zero attached hydrogens (tertiary/aromatic N) is 1. The molecule has 0 aromatic carbocycles. The van der Waals surface area contributed by atoms with Gasteiger partial charge in [0.1, 0.15) is 6.10 Å². The molecule has 7 atom stereocenters. The number of rotatable bonds is 3. The second kappa shape index (κ2) is 6.70. The van der Waals surface area contributed by atoms with Crippen LogP contribution in [0.2, 0.25) is 0 Å². The minimum absolute atomic E-state index is 0.00501. The van der Waals surface area contributed by atoms with Crippen molar-refractivity contribution in [2.45, 2.75) is 74.7 Å². The van der Waals surface area contributed by atoms with Crippen LogP contribution in [0.1, 0.15) is 46.0 Å². The van der Waals surface area contributed by atoms with Gasteiger partial charge in [0.05, 0.1) is 35.3 Å². The second-order valence-corrected chi connectivity index (χ2v) is 8.40. The number of esters is 1. The summed E-state index contributed by atoms with van der Waals surface area (Å²) in [5.74, 6) is -0.0753. The first kappa shape index (κ1) is 17.2. The molecule has 0 radical (unpaired) electrons. The topological polar surface area (TPSA) is 68.5 Å². The molecule has 128 valence electrons. The van der Waals surface area contributed by atoms with Crippen molar-refractivity contribution >= 4 is 21.9 Å². The maximum absolute atomic E-state index is 11.4. The maximum atomic E-state index is 11.4. The Balaban J connectivity index is 1.74. The van der Waals surface area contributed by atoms with Crippen LogP contribution in [-0.2, 0) is 19.0 Å². The highest BCUT2D eigenvalue weighted by Gasteiger charge is 2.57. The summed E-state index contributed by atoms with van der Waals surface area (Å²) < 4.78 is 18.1. The Morgan fingerprint density at radius 2 is 2.26 bits per heavy atom. The highest BCUT2D eigenvalue weighted by atomic mass is 79.9. The molecule has 0 amide bonds. The van der Waals surface area contributed by atoms with Crippen molar-refractivity contribution in [3.8, 4) is 6.07 Å². The summed E-state index contributed by atoms with van der Waals surface area (Å²) in [6.45, 7) is 4.01. The van der Waals surface area contributed by atoms with Gasteiger partial charge < -0.3 is 14.2 Å². The third kappa shape index (κ3) is 3.42. The molecule has 0 N–H and O–H groups in total. The molecule has 2 bridgehead atoms. The molecular formula is C17H24BrNO4. The van der Waals surface area contributed by atoms with Crippen LogP contribution in [0.3, 0.4) is 0 Å². The van der Waals surface area contributed by atoms with Crippen LogP contribution in [0.4, 0.5) is 0 Å². The van der Waals surface area contributed by atoms with Gasteiger partial charge in [0.2, 0.25) is 0 Å². The van der Waals surface area contributed by atoms with E-state index in [1.807, 2.05) is 6.92 Å². The van der Waals surface area contributed by atoms with Crippen LogP contribution in [-0.4, -0.2) is 41.3 Å². The minimum atomic E-state index is -0.300. The number of ether oxygens (including phenoxy) is 3. The number of halogens is 1. The van der Waals surface area contributed by atoms with E-state index >= 15 is 0 Å². The fraction of sp³-hybridized carbons (Fsp3) is 0.882. The lowest BCUT2D eigenvalue weighted by atomic mass is 9.69. The van der Waals surface area contributed by atoms with Gasteiger partial charge in [-0.2, -0.15) is 5.26 Å². The van der Waals surface area contributed by atoms with Crippen LogP contribution >= 0.6 is 15.9 Å². The number of alkyl halides is 1. The number of nitriles is 1. The van der Waals surface area contributed by atoms with Gasteiger partial charge in [0, 0.05) is 18.8 Å². The van der Waals surface area contributed by atoms with Gasteiger partial charge in [0.25, 0.3) is 0 Å². The summed E-state index contributed by atoms with van der Waals surface area (Å²) in [6.07, 6.45) is 4.44. The van der Waals surface area contributed by atoms with Crippen molar-refractivity contribution in [1.29, 1.82) is 5.26 Å². The second-order valence-electron chi connectivity index (χ2n) is 7.23. The molecule has 0 aromatic heterocycles. The molecule has 1 saturated carbocycles. The van der Waals surface area contributed by atoms with E-state index in [2.05, 4.69) is 22.0 Å². The summed E-state index contributed by atoms with van der Waals surface area (Å²) in [5.41, 5.74) is -0.300. The third-order valence-electron chi connectivity index (χ3n) is 5.36. The van der Waals surface area contributed by atoms with Crippen LogP contribution in [0, 0.1) is 23.2 Å². The van der Waals surface area contributed by atoms with E-state index < -0.39 is 0 Å². The molecule has 2 unspecified atom stereocenters. The lowest BCUT2D eigenvalue weighted by Gasteiger charge is -2.56. The minimum Gasteiger partial charge on any atom is -0.461 e. The molecule has 6 heteroatoms. The SMILES string of the molecule is CC(=O)O[C@H]1C2CO[C@H]3CCC(C[C@@H](C)C#N)O[C@]3(C2)C[C@@H]1Br. The smallest absolute Gasteiger partial charge is 0.302 e. The normalized spacial score (nSPS) is 43.8. The summed E-state index contributed by atoms with van der Waals surface area (Å²) in [4.78, 5) is 11.4. The maximum Gasteiger partial charge on any atom is 0.302 e. The summed E-state index contributed by atoms with van der Waals surface area (Å²) in [7, 11) is 0. The Morgan fingerprint density at radius 3 is 2.96 bits per heavy atom. The molecule has 2 heterocycles. The van der Waals surface area contributed by atoms with Gasteiger partial charge in [0.15, 0.2) is 0 Å². The Bertz CT molecular complexity index is 503. The van der Waals surface area contributed by atoms with Gasteiger partial charge in [-0.05, 0) is 39.0 Å². The van der Waals surface area contributed by atoms with Crippen molar-refractivity contribution in [2.75, 3.05) is 6.61 Å². The first-order chi connectivity index (χ1) is 10.9. The molecule has 3 fully saturated rings. The third-order valence-corrected chi connectivity index (χ3v) is 6.20. The Morgan fingerprint density at radius 1 is 1.48 bits per heavy atom. The van der Waals surface area contributed by atoms with Gasteiger partial charge in [-0.3, -0.25) is 4.79 Å². The molecule has 3 aliphatic rings. The van der Waals surface area contributed by atoms with Crippen LogP contribution in [0.5, 0.6) is 0 Å². The predicted molar refractivity (Wildman–Crippen MR) is 87.0 cm³/mol. The average Bonchev–Trinajstić information content (AvgIpc) is 2.50. The first-order valence-corrected chi connectivity index (χ1v) is 9.35. The Hall–Kier alpha value is -0.640. The molecule has 5 nitrogen and oxygen atoms in total. The van der Waals surface area contributed by atoms with Crippen molar-refractivity contribution in [3.63, 3.8) is 0 Å². The van der Waals surface area contributed by atoms with Crippen LogP contribution in [0.25, 0.3) is 0 Å². The van der Waals surface area contributed by atoms with E-state index in [1.54, 1.807) is 0 Å². The number of carbonyl (C=O) groups is 1. The standard InChI is InChI=1S/C17H24BrNO4/c1-10(8-19)5-13-3-4-15-17(23-13)6-12(9-21-15)16(14(18)7-17)22-11(2)20/h10,12-16H,3-7,9H2,1-2H3/t10-,12?,13?,14+,15+,16+,17-/m1/s1. The van der Waals surface area contributed by atoms with Gasteiger partial charge in [-0.15, -0.1) is 0 Å². The summed E-state index contributed by atoms with van der Waals surface area (Å²) in [6, 6.07) is 2.30. The van der Waals surface area contributed by atoms with Crippen molar-refractivity contribution in [3.05, 3.63) is 0 Å². The number of hydrogen-bond acceptors (Lipinski definition) is 5. The molecule has 3 rings (SSSR count). The molecule has 1 spiro atoms. The summed E-state index contributed by atoms with van der Waals surface area (Å²) >= 11 is 3.71. The molecule has 0 aromatic rings. The predicted octanol–water partition coefficient (Wildman–Crippen LogP) is 2.96. The highest BCUT2D eigenvalue weighted by molar-refractivity contribution is 9.09. The zero-order valence-electron chi connectivity index (χ0n) is 13.7. The number of fused-ring (bicyclic) bond motifs is 1. The van der Waals surface area contributed by atoms with Crippen molar-refractivity contribution in [1.82, 2.24) is 0 Å². The lowest BCUT2D eigenvalue weighted by Crippen LogP contribution is -2.64. The van der Waals surface area contributed by atoms with Crippen molar-refractivity contribution < 1.29 is 19.0 Å².